The summed E-state index contributed by atoms with van der Waals surface area (Å²) >= 11 is 5.98. The minimum Gasteiger partial charge on any atom is -0.496 e. The van der Waals surface area contributed by atoms with E-state index in [1.54, 1.807) is 32.2 Å². The third-order valence-corrected chi connectivity index (χ3v) is 5.18. The van der Waals surface area contributed by atoms with Crippen LogP contribution in [-0.4, -0.2) is 27.0 Å². The van der Waals surface area contributed by atoms with E-state index >= 15 is 0 Å². The van der Waals surface area contributed by atoms with Gasteiger partial charge in [0.1, 0.15) is 15.6 Å². The molecule has 0 heterocycles. The second kappa shape index (κ2) is 7.83. The number of nitrogens with two attached hydrogens (primary N) is 1. The quantitative estimate of drug-likeness (QED) is 0.566. The van der Waals surface area contributed by atoms with Gasteiger partial charge in [0, 0.05) is 22.4 Å². The summed E-state index contributed by atoms with van der Waals surface area (Å²) in [5.41, 5.74) is 3.52. The summed E-state index contributed by atoms with van der Waals surface area (Å²) in [5, 5.41) is 0.585. The highest BCUT2D eigenvalue weighted by Crippen LogP contribution is 2.30. The van der Waals surface area contributed by atoms with Crippen LogP contribution in [0.2, 0.25) is 5.02 Å². The predicted octanol–water partition coefficient (Wildman–Crippen LogP) is 2.07. The molecular formula is C13H21ClN2O3S. The summed E-state index contributed by atoms with van der Waals surface area (Å²) < 4.78 is 28.2. The molecule has 0 bridgehead atoms. The van der Waals surface area contributed by atoms with Gasteiger partial charge in [-0.2, -0.15) is 0 Å². The number of halogens is 1. The number of benzene rings is 1. The van der Waals surface area contributed by atoms with Crippen molar-refractivity contribution < 1.29 is 13.2 Å². The molecule has 1 rings (SSSR count). The molecular weight excluding hydrogens is 300 g/mol. The average molecular weight is 321 g/mol. The lowest BCUT2D eigenvalue weighted by molar-refractivity contribution is 0.395. The molecule has 1 atom stereocenters. The van der Waals surface area contributed by atoms with E-state index < -0.39 is 9.84 Å². The Labute approximate surface area is 125 Å². The monoisotopic (exact) mass is 320 g/mol. The molecule has 0 saturated carbocycles. The summed E-state index contributed by atoms with van der Waals surface area (Å²) in [4.78, 5) is 0. The fraction of sp³-hybridized carbons (Fsp3) is 0.538. The van der Waals surface area contributed by atoms with Crippen molar-refractivity contribution in [3.8, 4) is 5.75 Å². The number of hydrogen-bond acceptors (Lipinski definition) is 5. The number of sulfone groups is 1. The smallest absolute Gasteiger partial charge is 0.150 e. The van der Waals surface area contributed by atoms with Crippen LogP contribution in [0.1, 0.15) is 31.4 Å². The average Bonchev–Trinajstić information content (AvgIpc) is 2.43. The van der Waals surface area contributed by atoms with Crippen LogP contribution >= 0.6 is 11.6 Å². The zero-order chi connectivity index (χ0) is 15.2. The lowest BCUT2D eigenvalue weighted by atomic mass is 10.0. The summed E-state index contributed by atoms with van der Waals surface area (Å²) in [5.74, 6) is 6.56. The molecule has 0 spiro atoms. The molecule has 0 aliphatic carbocycles. The number of nitrogens with one attached hydrogen (secondary N) is 1. The SMILES string of the molecule is CCS(=O)(=O)CCCC(NN)c1cc(Cl)ccc1OC. The number of hydrazine groups is 1. The van der Waals surface area contributed by atoms with E-state index in [0.29, 0.717) is 23.6 Å². The van der Waals surface area contributed by atoms with Crippen LogP contribution in [0.15, 0.2) is 18.2 Å². The molecule has 20 heavy (non-hydrogen) atoms. The van der Waals surface area contributed by atoms with Crippen LogP contribution in [-0.2, 0) is 9.84 Å². The Morgan fingerprint density at radius 3 is 2.70 bits per heavy atom. The first-order valence-corrected chi connectivity index (χ1v) is 8.63. The van der Waals surface area contributed by atoms with Crippen molar-refractivity contribution in [3.05, 3.63) is 28.8 Å². The van der Waals surface area contributed by atoms with Crippen molar-refractivity contribution in [3.63, 3.8) is 0 Å². The van der Waals surface area contributed by atoms with E-state index in [9.17, 15) is 8.42 Å². The molecule has 0 aliphatic heterocycles. The highest BCUT2D eigenvalue weighted by molar-refractivity contribution is 7.91. The molecule has 7 heteroatoms. The van der Waals surface area contributed by atoms with Crippen molar-refractivity contribution in [1.29, 1.82) is 0 Å². The molecule has 1 unspecified atom stereocenters. The maximum absolute atomic E-state index is 11.5. The predicted molar refractivity (Wildman–Crippen MR) is 81.6 cm³/mol. The molecule has 0 aliphatic rings. The zero-order valence-electron chi connectivity index (χ0n) is 11.7. The largest absolute Gasteiger partial charge is 0.496 e. The van der Waals surface area contributed by atoms with Crippen LogP contribution in [0, 0.1) is 0 Å². The molecule has 3 N–H and O–H groups in total. The number of methoxy groups -OCH3 is 1. The highest BCUT2D eigenvalue weighted by atomic mass is 35.5. The number of hydrogen-bond donors (Lipinski definition) is 2. The first kappa shape index (κ1) is 17.2. The molecule has 1 aromatic rings. The van der Waals surface area contributed by atoms with E-state index in [2.05, 4.69) is 5.43 Å². The molecule has 1 aromatic carbocycles. The topological polar surface area (TPSA) is 81.4 Å². The molecule has 0 fully saturated rings. The van der Waals surface area contributed by atoms with Crippen LogP contribution in [0.4, 0.5) is 0 Å². The van der Waals surface area contributed by atoms with Crippen LogP contribution < -0.4 is 16.0 Å². The van der Waals surface area contributed by atoms with Gasteiger partial charge in [-0.1, -0.05) is 18.5 Å². The third kappa shape index (κ3) is 4.94. The normalized spacial score (nSPS) is 13.2. The van der Waals surface area contributed by atoms with Crippen LogP contribution in [0.5, 0.6) is 5.75 Å². The Hall–Kier alpha value is -0.820. The van der Waals surface area contributed by atoms with Crippen molar-refractivity contribution in [1.82, 2.24) is 5.43 Å². The van der Waals surface area contributed by atoms with E-state index in [1.807, 2.05) is 0 Å². The minimum absolute atomic E-state index is 0.157. The van der Waals surface area contributed by atoms with E-state index in [4.69, 9.17) is 22.2 Å². The Balaban J connectivity index is 2.78. The summed E-state index contributed by atoms with van der Waals surface area (Å²) in [7, 11) is -1.38. The number of rotatable bonds is 8. The van der Waals surface area contributed by atoms with Gasteiger partial charge in [0.25, 0.3) is 0 Å². The molecule has 5 nitrogen and oxygen atoms in total. The molecule has 0 aromatic heterocycles. The summed E-state index contributed by atoms with van der Waals surface area (Å²) in [6, 6.07) is 5.08. The fourth-order valence-electron chi connectivity index (χ4n) is 1.96. The Morgan fingerprint density at radius 1 is 1.45 bits per heavy atom. The van der Waals surface area contributed by atoms with Gasteiger partial charge < -0.3 is 4.74 Å². The van der Waals surface area contributed by atoms with Crippen molar-refractivity contribution in [2.45, 2.75) is 25.8 Å². The van der Waals surface area contributed by atoms with Gasteiger partial charge in [0.05, 0.1) is 12.9 Å². The Bertz CT molecular complexity index is 534. The Morgan fingerprint density at radius 2 is 2.15 bits per heavy atom. The lowest BCUT2D eigenvalue weighted by Gasteiger charge is -2.19. The molecule has 0 saturated heterocycles. The number of ether oxygens (including phenoxy) is 1. The van der Waals surface area contributed by atoms with Gasteiger partial charge in [-0.25, -0.2) is 8.42 Å². The van der Waals surface area contributed by atoms with Gasteiger partial charge in [-0.05, 0) is 31.0 Å². The summed E-state index contributed by atoms with van der Waals surface area (Å²) in [6.45, 7) is 1.65. The van der Waals surface area contributed by atoms with Gasteiger partial charge in [-0.15, -0.1) is 0 Å². The highest BCUT2D eigenvalue weighted by Gasteiger charge is 2.17. The first-order valence-electron chi connectivity index (χ1n) is 6.43. The summed E-state index contributed by atoms with van der Waals surface area (Å²) in [6.07, 6.45) is 1.12. The third-order valence-electron chi connectivity index (χ3n) is 3.16. The second-order valence-electron chi connectivity index (χ2n) is 4.48. The van der Waals surface area contributed by atoms with Gasteiger partial charge in [-0.3, -0.25) is 11.3 Å². The lowest BCUT2D eigenvalue weighted by Crippen LogP contribution is -2.29. The first-order chi connectivity index (χ1) is 9.43. The van der Waals surface area contributed by atoms with E-state index in [-0.39, 0.29) is 17.5 Å². The van der Waals surface area contributed by atoms with Gasteiger partial charge in [0.15, 0.2) is 0 Å². The second-order valence-corrected chi connectivity index (χ2v) is 7.39. The fourth-order valence-corrected chi connectivity index (χ4v) is 3.03. The van der Waals surface area contributed by atoms with Gasteiger partial charge >= 0.3 is 0 Å². The Kier molecular flexibility index (Phi) is 6.75. The standard InChI is InChI=1S/C13H21ClN2O3S/c1-3-20(17,18)8-4-5-12(16-15)11-9-10(14)6-7-13(11)19-2/h6-7,9,12,16H,3-5,8,15H2,1-2H3. The van der Waals surface area contributed by atoms with Crippen molar-refractivity contribution in [2.75, 3.05) is 18.6 Å². The minimum atomic E-state index is -2.96. The molecule has 0 amide bonds. The molecule has 114 valence electrons. The zero-order valence-corrected chi connectivity index (χ0v) is 13.3. The van der Waals surface area contributed by atoms with E-state index in [0.717, 1.165) is 5.56 Å². The van der Waals surface area contributed by atoms with Crippen molar-refractivity contribution in [2.24, 2.45) is 5.84 Å². The van der Waals surface area contributed by atoms with Crippen LogP contribution in [0.25, 0.3) is 0 Å². The van der Waals surface area contributed by atoms with E-state index in [1.165, 1.54) is 0 Å². The maximum atomic E-state index is 11.5. The van der Waals surface area contributed by atoms with Gasteiger partial charge in [0.2, 0.25) is 0 Å². The van der Waals surface area contributed by atoms with Crippen molar-refractivity contribution >= 4 is 21.4 Å². The molecule has 0 radical (unpaired) electrons. The maximum Gasteiger partial charge on any atom is 0.150 e. The van der Waals surface area contributed by atoms with Crippen LogP contribution in [0.3, 0.4) is 0 Å².